The first-order valence-electron chi connectivity index (χ1n) is 3.25. The first-order chi connectivity index (χ1) is 4.24. The van der Waals surface area contributed by atoms with E-state index in [4.69, 9.17) is 0 Å². The molecule has 0 fully saturated rings. The molecule has 0 N–H and O–H groups in total. The third-order valence-electron chi connectivity index (χ3n) is 1.61. The summed E-state index contributed by atoms with van der Waals surface area (Å²) in [5, 5.41) is 0. The lowest BCUT2D eigenvalue weighted by Gasteiger charge is -1.82. The van der Waals surface area contributed by atoms with Gasteiger partial charge in [-0.25, -0.2) is 0 Å². The molecule has 2 nitrogen and oxygen atoms in total. The molecule has 0 atom stereocenters. The Bertz CT molecular complexity index is 186. The maximum Gasteiger partial charge on any atom is 0.198 e. The van der Waals surface area contributed by atoms with Crippen LogP contribution in [0.1, 0.15) is 12.5 Å². The topological polar surface area (TPSA) is 8.81 Å². The Kier molecular flexibility index (Phi) is 3.43. The Labute approximate surface area is 67.9 Å². The van der Waals surface area contributed by atoms with Gasteiger partial charge in [-0.05, 0) is 6.42 Å². The maximum atomic E-state index is 2.16. The van der Waals surface area contributed by atoms with Crippen molar-refractivity contribution in [3.05, 3.63) is 18.0 Å². The van der Waals surface area contributed by atoms with Gasteiger partial charge < -0.3 is 12.4 Å². The van der Waals surface area contributed by atoms with Crippen LogP contribution in [0.2, 0.25) is 0 Å². The maximum absolute atomic E-state index is 2.16. The van der Waals surface area contributed by atoms with Crippen molar-refractivity contribution in [3.8, 4) is 0 Å². The van der Waals surface area contributed by atoms with Gasteiger partial charge in [0.2, 0.25) is 0 Å². The van der Waals surface area contributed by atoms with Crippen LogP contribution in [-0.4, -0.2) is 4.68 Å². The molecule has 0 aromatic carbocycles. The second-order valence-corrected chi connectivity index (χ2v) is 2.33. The van der Waals surface area contributed by atoms with Crippen LogP contribution in [0.4, 0.5) is 0 Å². The summed E-state index contributed by atoms with van der Waals surface area (Å²) in [5.41, 5.74) is 1.39. The highest BCUT2D eigenvalue weighted by Gasteiger charge is 2.00. The third-order valence-corrected chi connectivity index (χ3v) is 1.61. The molecule has 0 aliphatic rings. The number of aryl methyl sites for hydroxylation is 3. The molecule has 0 saturated heterocycles. The minimum atomic E-state index is 0. The predicted octanol–water partition coefficient (Wildman–Crippen LogP) is -2.58. The molecule has 1 heterocycles. The van der Waals surface area contributed by atoms with Gasteiger partial charge in [-0.15, -0.1) is 4.68 Å². The van der Waals surface area contributed by atoms with E-state index in [1.165, 1.54) is 5.56 Å². The van der Waals surface area contributed by atoms with Crippen LogP contribution >= 0.6 is 0 Å². The number of halogens is 1. The van der Waals surface area contributed by atoms with Crippen LogP contribution in [0.5, 0.6) is 0 Å². The van der Waals surface area contributed by atoms with Gasteiger partial charge in [0.25, 0.3) is 0 Å². The summed E-state index contributed by atoms with van der Waals surface area (Å²) in [5.74, 6) is 0. The van der Waals surface area contributed by atoms with Gasteiger partial charge in [-0.3, -0.25) is 0 Å². The van der Waals surface area contributed by atoms with Crippen molar-refractivity contribution < 1.29 is 17.1 Å². The highest BCUT2D eigenvalue weighted by molar-refractivity contribution is 4.98. The monoisotopic (exact) mass is 160 g/mol. The summed E-state index contributed by atoms with van der Waals surface area (Å²) >= 11 is 0. The van der Waals surface area contributed by atoms with Crippen LogP contribution in [-0.2, 0) is 20.5 Å². The van der Waals surface area contributed by atoms with Gasteiger partial charge in [0.1, 0.15) is 0 Å². The van der Waals surface area contributed by atoms with E-state index in [1.807, 2.05) is 14.1 Å². The van der Waals surface area contributed by atoms with Crippen molar-refractivity contribution in [1.29, 1.82) is 0 Å². The Hall–Kier alpha value is -0.500. The molecule has 0 unspecified atom stereocenters. The quantitative estimate of drug-likeness (QED) is 0.399. The number of aromatic nitrogens is 2. The smallest absolute Gasteiger partial charge is 0.198 e. The molecule has 1 aromatic rings. The highest BCUT2D eigenvalue weighted by Crippen LogP contribution is 1.92. The van der Waals surface area contributed by atoms with Crippen molar-refractivity contribution in [3.63, 3.8) is 0 Å². The fourth-order valence-corrected chi connectivity index (χ4v) is 0.878. The van der Waals surface area contributed by atoms with Crippen LogP contribution in [0, 0.1) is 0 Å². The molecule has 1 aromatic heterocycles. The minimum absolute atomic E-state index is 0. The van der Waals surface area contributed by atoms with Crippen molar-refractivity contribution in [2.75, 3.05) is 0 Å². The second kappa shape index (κ2) is 3.62. The minimum Gasteiger partial charge on any atom is -1.00 e. The summed E-state index contributed by atoms with van der Waals surface area (Å²) in [4.78, 5) is 0. The van der Waals surface area contributed by atoms with E-state index in [9.17, 15) is 0 Å². The summed E-state index contributed by atoms with van der Waals surface area (Å²) in [7, 11) is 4.08. The van der Waals surface area contributed by atoms with E-state index in [0.717, 1.165) is 6.42 Å². The highest BCUT2D eigenvalue weighted by atomic mass is 35.5. The molecular weight excluding hydrogens is 148 g/mol. The van der Waals surface area contributed by atoms with E-state index in [1.54, 1.807) is 0 Å². The zero-order chi connectivity index (χ0) is 6.85. The lowest BCUT2D eigenvalue weighted by molar-refractivity contribution is -0.751. The van der Waals surface area contributed by atoms with Crippen molar-refractivity contribution in [2.45, 2.75) is 13.3 Å². The fourth-order valence-electron chi connectivity index (χ4n) is 0.878. The van der Waals surface area contributed by atoms with E-state index in [-0.39, 0.29) is 12.4 Å². The van der Waals surface area contributed by atoms with Gasteiger partial charge >= 0.3 is 0 Å². The molecule has 0 amide bonds. The van der Waals surface area contributed by atoms with Gasteiger partial charge in [-0.2, -0.15) is 4.68 Å². The molecule has 0 radical (unpaired) electrons. The predicted molar refractivity (Wildman–Crippen MR) is 36.0 cm³/mol. The average Bonchev–Trinajstić information content (AvgIpc) is 2.13. The molecule has 0 spiro atoms. The zero-order valence-electron chi connectivity index (χ0n) is 6.63. The lowest BCUT2D eigenvalue weighted by atomic mass is 10.3. The third kappa shape index (κ3) is 1.74. The SMILES string of the molecule is CCc1cn(C)[n+](C)c1.[Cl-]. The molecule has 0 saturated carbocycles. The molecule has 0 aliphatic heterocycles. The number of hydrogen-bond acceptors (Lipinski definition) is 0. The van der Waals surface area contributed by atoms with E-state index in [2.05, 4.69) is 28.7 Å². The summed E-state index contributed by atoms with van der Waals surface area (Å²) < 4.78 is 4.14. The van der Waals surface area contributed by atoms with E-state index >= 15 is 0 Å². The number of rotatable bonds is 1. The number of hydrogen-bond donors (Lipinski definition) is 0. The average molecular weight is 161 g/mol. The van der Waals surface area contributed by atoms with E-state index in [0.29, 0.717) is 0 Å². The molecule has 10 heavy (non-hydrogen) atoms. The van der Waals surface area contributed by atoms with Gasteiger partial charge in [0, 0.05) is 5.56 Å². The Morgan fingerprint density at radius 3 is 2.40 bits per heavy atom. The molecule has 0 aliphatic carbocycles. The number of nitrogens with zero attached hydrogens (tertiary/aromatic N) is 2. The van der Waals surface area contributed by atoms with Crippen LogP contribution in [0.25, 0.3) is 0 Å². The zero-order valence-corrected chi connectivity index (χ0v) is 7.39. The second-order valence-electron chi connectivity index (χ2n) is 2.33. The Balaban J connectivity index is 0.000000810. The van der Waals surface area contributed by atoms with Gasteiger partial charge in [-0.1, -0.05) is 6.92 Å². The van der Waals surface area contributed by atoms with Gasteiger partial charge in [0.05, 0.1) is 13.2 Å². The first kappa shape index (κ1) is 9.50. The van der Waals surface area contributed by atoms with E-state index < -0.39 is 0 Å². The van der Waals surface area contributed by atoms with Crippen LogP contribution in [0.15, 0.2) is 12.4 Å². The summed E-state index contributed by atoms with van der Waals surface area (Å²) in [6, 6.07) is 0. The molecule has 3 heteroatoms. The van der Waals surface area contributed by atoms with Crippen LogP contribution in [0.3, 0.4) is 0 Å². The van der Waals surface area contributed by atoms with Crippen molar-refractivity contribution >= 4 is 0 Å². The largest absolute Gasteiger partial charge is 1.00 e. The molecular formula is C7H13ClN2. The molecule has 0 bridgehead atoms. The standard InChI is InChI=1S/C7H13N2.ClH/c1-4-7-5-8(2)9(3)6-7;/h5-6H,4H2,1-3H3;1H/q+1;/p-1. The molecule has 1 rings (SSSR count). The van der Waals surface area contributed by atoms with Crippen LogP contribution < -0.4 is 17.1 Å². The first-order valence-corrected chi connectivity index (χ1v) is 3.25. The lowest BCUT2D eigenvalue weighted by Crippen LogP contribution is -3.00. The van der Waals surface area contributed by atoms with Crippen molar-refractivity contribution in [2.24, 2.45) is 14.1 Å². The summed E-state index contributed by atoms with van der Waals surface area (Å²) in [6.07, 6.45) is 5.40. The Morgan fingerprint density at radius 2 is 2.20 bits per heavy atom. The Morgan fingerprint density at radius 1 is 1.60 bits per heavy atom. The summed E-state index contributed by atoms with van der Waals surface area (Å²) in [6.45, 7) is 2.16. The van der Waals surface area contributed by atoms with Gasteiger partial charge in [0.15, 0.2) is 13.2 Å². The van der Waals surface area contributed by atoms with Crippen molar-refractivity contribution in [1.82, 2.24) is 4.68 Å². The normalized spacial score (nSPS) is 9.10. The fraction of sp³-hybridized carbons (Fsp3) is 0.571. The molecule has 58 valence electrons.